The van der Waals surface area contributed by atoms with Crippen molar-refractivity contribution in [1.29, 1.82) is 0 Å². The van der Waals surface area contributed by atoms with Gasteiger partial charge < -0.3 is 4.42 Å². The van der Waals surface area contributed by atoms with Crippen LogP contribution in [-0.4, -0.2) is 5.78 Å². The first-order valence-corrected chi connectivity index (χ1v) is 6.50. The molecule has 0 bridgehead atoms. The van der Waals surface area contributed by atoms with Crippen molar-refractivity contribution in [2.75, 3.05) is 0 Å². The number of hydrogen-bond donors (Lipinski definition) is 0. The SMILES string of the molecule is CCC(=O)c1cccc(-c2cc3cc(F)ccc3o2)c1. The molecule has 0 aliphatic carbocycles. The molecule has 0 saturated heterocycles. The van der Waals surface area contributed by atoms with E-state index in [9.17, 15) is 9.18 Å². The number of carbonyl (C=O) groups is 1. The summed E-state index contributed by atoms with van der Waals surface area (Å²) in [6.45, 7) is 1.83. The average molecular weight is 268 g/mol. The van der Waals surface area contributed by atoms with E-state index in [1.54, 1.807) is 24.3 Å². The Bertz CT molecular complexity index is 787. The summed E-state index contributed by atoms with van der Waals surface area (Å²) in [6.07, 6.45) is 0.467. The number of ketones is 1. The van der Waals surface area contributed by atoms with E-state index in [4.69, 9.17) is 4.42 Å². The Morgan fingerprint density at radius 1 is 1.15 bits per heavy atom. The Hall–Kier alpha value is -2.42. The predicted molar refractivity (Wildman–Crippen MR) is 76.2 cm³/mol. The van der Waals surface area contributed by atoms with E-state index < -0.39 is 0 Å². The molecule has 2 nitrogen and oxygen atoms in total. The minimum atomic E-state index is -0.292. The molecular weight excluding hydrogens is 255 g/mol. The Labute approximate surface area is 115 Å². The molecule has 3 heteroatoms. The molecule has 20 heavy (non-hydrogen) atoms. The highest BCUT2D eigenvalue weighted by atomic mass is 19.1. The van der Waals surface area contributed by atoms with Gasteiger partial charge in [0, 0.05) is 22.9 Å². The molecule has 0 unspecified atom stereocenters. The number of halogens is 1. The summed E-state index contributed by atoms with van der Waals surface area (Å²) < 4.78 is 18.9. The van der Waals surface area contributed by atoms with Crippen molar-refractivity contribution >= 4 is 16.8 Å². The van der Waals surface area contributed by atoms with Crippen molar-refractivity contribution in [1.82, 2.24) is 0 Å². The molecule has 0 radical (unpaired) electrons. The summed E-state index contributed by atoms with van der Waals surface area (Å²) in [4.78, 5) is 11.7. The number of hydrogen-bond acceptors (Lipinski definition) is 2. The first kappa shape index (κ1) is 12.6. The molecule has 3 aromatic rings. The number of carbonyl (C=O) groups excluding carboxylic acids is 1. The Kier molecular flexibility index (Phi) is 3.11. The maximum Gasteiger partial charge on any atom is 0.162 e. The molecule has 0 N–H and O–H groups in total. The lowest BCUT2D eigenvalue weighted by molar-refractivity contribution is 0.0988. The van der Waals surface area contributed by atoms with Gasteiger partial charge >= 0.3 is 0 Å². The number of fused-ring (bicyclic) bond motifs is 1. The van der Waals surface area contributed by atoms with Crippen molar-refractivity contribution in [3.63, 3.8) is 0 Å². The number of furan rings is 1. The van der Waals surface area contributed by atoms with Crippen LogP contribution in [0.2, 0.25) is 0 Å². The normalized spacial score (nSPS) is 10.9. The fourth-order valence-electron chi connectivity index (χ4n) is 2.21. The second kappa shape index (κ2) is 4.93. The largest absolute Gasteiger partial charge is 0.456 e. The maximum absolute atomic E-state index is 13.2. The number of rotatable bonds is 3. The van der Waals surface area contributed by atoms with E-state index in [2.05, 4.69) is 0 Å². The lowest BCUT2D eigenvalue weighted by atomic mass is 10.0. The zero-order valence-corrected chi connectivity index (χ0v) is 11.0. The van der Waals surface area contributed by atoms with E-state index in [0.717, 1.165) is 5.56 Å². The van der Waals surface area contributed by atoms with Gasteiger partial charge in [0.25, 0.3) is 0 Å². The molecule has 0 fully saturated rings. The Balaban J connectivity index is 2.08. The molecule has 100 valence electrons. The van der Waals surface area contributed by atoms with Gasteiger partial charge in [-0.3, -0.25) is 4.79 Å². The topological polar surface area (TPSA) is 30.2 Å². The van der Waals surface area contributed by atoms with Crippen LogP contribution in [0.15, 0.2) is 52.9 Å². The molecule has 0 amide bonds. The van der Waals surface area contributed by atoms with Gasteiger partial charge in [-0.1, -0.05) is 25.1 Å². The smallest absolute Gasteiger partial charge is 0.162 e. The van der Waals surface area contributed by atoms with Crippen LogP contribution < -0.4 is 0 Å². The number of benzene rings is 2. The summed E-state index contributed by atoms with van der Waals surface area (Å²) in [5.41, 5.74) is 2.12. The Morgan fingerprint density at radius 2 is 2.00 bits per heavy atom. The lowest BCUT2D eigenvalue weighted by Crippen LogP contribution is -1.95. The average Bonchev–Trinajstić information content (AvgIpc) is 2.89. The van der Waals surface area contributed by atoms with Gasteiger partial charge in [0.15, 0.2) is 5.78 Å². The van der Waals surface area contributed by atoms with Crippen LogP contribution in [0, 0.1) is 5.82 Å². The van der Waals surface area contributed by atoms with Crippen molar-refractivity contribution in [3.8, 4) is 11.3 Å². The standard InChI is InChI=1S/C17H13FO2/c1-2-15(19)11-4-3-5-12(8-11)17-10-13-9-14(18)6-7-16(13)20-17/h3-10H,2H2,1H3. The molecule has 1 aromatic heterocycles. The minimum absolute atomic E-state index is 0.0917. The van der Waals surface area contributed by atoms with Crippen LogP contribution >= 0.6 is 0 Å². The molecule has 0 aliphatic rings. The van der Waals surface area contributed by atoms with Crippen LogP contribution in [-0.2, 0) is 0 Å². The van der Waals surface area contributed by atoms with Gasteiger partial charge in [0.1, 0.15) is 17.2 Å². The van der Waals surface area contributed by atoms with E-state index >= 15 is 0 Å². The highest BCUT2D eigenvalue weighted by Gasteiger charge is 2.09. The fourth-order valence-corrected chi connectivity index (χ4v) is 2.21. The van der Waals surface area contributed by atoms with E-state index in [0.29, 0.717) is 28.7 Å². The summed E-state index contributed by atoms with van der Waals surface area (Å²) in [6, 6.07) is 13.5. The van der Waals surface area contributed by atoms with Crippen LogP contribution in [0.4, 0.5) is 4.39 Å². The molecule has 0 spiro atoms. The second-order valence-corrected chi connectivity index (χ2v) is 4.65. The number of Topliss-reactive ketones (excluding diaryl/α,β-unsaturated/α-hetero) is 1. The van der Waals surface area contributed by atoms with Crippen molar-refractivity contribution < 1.29 is 13.6 Å². The quantitative estimate of drug-likeness (QED) is 0.637. The third-order valence-corrected chi connectivity index (χ3v) is 3.27. The maximum atomic E-state index is 13.2. The third-order valence-electron chi connectivity index (χ3n) is 3.27. The zero-order valence-electron chi connectivity index (χ0n) is 11.0. The second-order valence-electron chi connectivity index (χ2n) is 4.65. The van der Waals surface area contributed by atoms with Gasteiger partial charge in [-0.2, -0.15) is 0 Å². The van der Waals surface area contributed by atoms with Crippen molar-refractivity contribution in [2.24, 2.45) is 0 Å². The summed E-state index contributed by atoms with van der Waals surface area (Å²) in [7, 11) is 0. The van der Waals surface area contributed by atoms with Crippen LogP contribution in [0.25, 0.3) is 22.3 Å². The van der Waals surface area contributed by atoms with Crippen LogP contribution in [0.3, 0.4) is 0 Å². The van der Waals surface area contributed by atoms with Gasteiger partial charge in [0.2, 0.25) is 0 Å². The first-order valence-electron chi connectivity index (χ1n) is 6.50. The molecular formula is C17H13FO2. The highest BCUT2D eigenvalue weighted by Crippen LogP contribution is 2.28. The molecule has 0 saturated carbocycles. The van der Waals surface area contributed by atoms with Crippen molar-refractivity contribution in [2.45, 2.75) is 13.3 Å². The molecule has 0 aliphatic heterocycles. The predicted octanol–water partition coefficient (Wildman–Crippen LogP) is 4.83. The molecule has 1 heterocycles. The summed E-state index contributed by atoms with van der Waals surface area (Å²) in [5.74, 6) is 0.435. The van der Waals surface area contributed by atoms with Crippen molar-refractivity contribution in [3.05, 3.63) is 59.9 Å². The van der Waals surface area contributed by atoms with Gasteiger partial charge in [-0.05, 0) is 30.3 Å². The van der Waals surface area contributed by atoms with Gasteiger partial charge in [-0.15, -0.1) is 0 Å². The van der Waals surface area contributed by atoms with Crippen LogP contribution in [0.5, 0.6) is 0 Å². The Morgan fingerprint density at radius 3 is 2.80 bits per heavy atom. The van der Waals surface area contributed by atoms with E-state index in [-0.39, 0.29) is 11.6 Å². The molecule has 3 rings (SSSR count). The third kappa shape index (κ3) is 2.23. The van der Waals surface area contributed by atoms with E-state index in [1.165, 1.54) is 12.1 Å². The summed E-state index contributed by atoms with van der Waals surface area (Å²) >= 11 is 0. The van der Waals surface area contributed by atoms with E-state index in [1.807, 2.05) is 19.1 Å². The zero-order chi connectivity index (χ0) is 14.1. The monoisotopic (exact) mass is 268 g/mol. The van der Waals surface area contributed by atoms with Gasteiger partial charge in [0.05, 0.1) is 0 Å². The minimum Gasteiger partial charge on any atom is -0.456 e. The molecule has 2 aromatic carbocycles. The van der Waals surface area contributed by atoms with Gasteiger partial charge in [-0.25, -0.2) is 4.39 Å². The first-order chi connectivity index (χ1) is 9.67. The highest BCUT2D eigenvalue weighted by molar-refractivity contribution is 5.97. The summed E-state index contributed by atoms with van der Waals surface area (Å²) in [5, 5.41) is 0.715. The lowest BCUT2D eigenvalue weighted by Gasteiger charge is -2.00. The van der Waals surface area contributed by atoms with Crippen LogP contribution in [0.1, 0.15) is 23.7 Å². The fraction of sp³-hybridized carbons (Fsp3) is 0.118. The molecule has 0 atom stereocenters.